The summed E-state index contributed by atoms with van der Waals surface area (Å²) in [4.78, 5) is 2.36. The van der Waals surface area contributed by atoms with E-state index in [1.165, 1.54) is 27.1 Å². The molecule has 0 atom stereocenters. The SMILES string of the molecule is c1ccc(N(c2ccc(-c3cccc4c3oc3ccccc34)cc2)c2ccc(-c3ccc4oc5cc6ccccc6cc5c4c3)c3ccccc23)cc1. The number of rotatable bonds is 5. The number of anilines is 3. The number of furan rings is 2. The zero-order valence-corrected chi connectivity index (χ0v) is 28.7. The molecule has 248 valence electrons. The van der Waals surface area contributed by atoms with Crippen LogP contribution < -0.4 is 4.90 Å². The van der Waals surface area contributed by atoms with Crippen LogP contribution in [-0.4, -0.2) is 0 Å². The van der Waals surface area contributed by atoms with Crippen molar-refractivity contribution in [2.45, 2.75) is 0 Å². The number of benzene rings is 9. The van der Waals surface area contributed by atoms with Crippen molar-refractivity contribution < 1.29 is 8.83 Å². The van der Waals surface area contributed by atoms with Crippen LogP contribution in [-0.2, 0) is 0 Å². The first kappa shape index (κ1) is 29.6. The van der Waals surface area contributed by atoms with Crippen LogP contribution >= 0.6 is 0 Å². The Labute approximate surface area is 305 Å². The lowest BCUT2D eigenvalue weighted by atomic mass is 9.95. The van der Waals surface area contributed by atoms with Crippen molar-refractivity contribution in [1.82, 2.24) is 0 Å². The van der Waals surface area contributed by atoms with E-state index in [0.29, 0.717) is 0 Å². The van der Waals surface area contributed by atoms with Gasteiger partial charge in [0, 0.05) is 43.9 Å². The third-order valence-electron chi connectivity index (χ3n) is 10.6. The van der Waals surface area contributed by atoms with E-state index in [0.717, 1.165) is 77.6 Å². The topological polar surface area (TPSA) is 29.5 Å². The van der Waals surface area contributed by atoms with Crippen molar-refractivity contribution in [2.75, 3.05) is 4.90 Å². The highest BCUT2D eigenvalue weighted by atomic mass is 16.3. The second-order valence-electron chi connectivity index (χ2n) is 13.7. The first-order chi connectivity index (χ1) is 26.3. The molecule has 3 heteroatoms. The Balaban J connectivity index is 1.04. The highest BCUT2D eigenvalue weighted by Gasteiger charge is 2.19. The molecule has 3 nitrogen and oxygen atoms in total. The first-order valence-electron chi connectivity index (χ1n) is 18.0. The molecular formula is C50H31NO2. The second-order valence-corrected chi connectivity index (χ2v) is 13.7. The minimum absolute atomic E-state index is 0.898. The van der Waals surface area contributed by atoms with Crippen molar-refractivity contribution >= 4 is 82.5 Å². The molecule has 0 amide bonds. The number of hydrogen-bond acceptors (Lipinski definition) is 3. The van der Waals surface area contributed by atoms with E-state index in [1.807, 2.05) is 12.1 Å². The van der Waals surface area contributed by atoms with E-state index in [9.17, 15) is 0 Å². The van der Waals surface area contributed by atoms with Crippen LogP contribution in [0, 0.1) is 0 Å². The molecule has 0 saturated heterocycles. The Morgan fingerprint density at radius 1 is 0.321 bits per heavy atom. The number of para-hydroxylation sites is 3. The normalized spacial score (nSPS) is 11.8. The molecule has 0 aliphatic rings. The molecule has 0 unspecified atom stereocenters. The standard InChI is InChI=1S/C50H31NO2/c1-2-13-36(14-3-1)51(37-24-21-32(22-25-37)39-18-10-19-43-42-17-8-9-20-47(42)53-50(39)43)46-27-26-38(40-15-6-7-16-41(40)46)35-23-28-48-44(30-35)45-29-33-11-4-5-12-34(33)31-49(45)52-48/h1-31H. The van der Waals surface area contributed by atoms with Crippen LogP contribution in [0.5, 0.6) is 0 Å². The maximum absolute atomic E-state index is 6.39. The van der Waals surface area contributed by atoms with Gasteiger partial charge in [0.2, 0.25) is 0 Å². The maximum atomic E-state index is 6.39. The first-order valence-corrected chi connectivity index (χ1v) is 18.0. The van der Waals surface area contributed by atoms with Gasteiger partial charge in [-0.25, -0.2) is 0 Å². The summed E-state index contributed by atoms with van der Waals surface area (Å²) < 4.78 is 12.7. The second kappa shape index (κ2) is 11.7. The average molecular weight is 678 g/mol. The summed E-state index contributed by atoms with van der Waals surface area (Å²) in [5, 5.41) is 9.29. The smallest absolute Gasteiger partial charge is 0.143 e. The Bertz CT molecular complexity index is 3170. The zero-order valence-electron chi connectivity index (χ0n) is 28.7. The molecule has 11 aromatic rings. The number of hydrogen-bond donors (Lipinski definition) is 0. The largest absolute Gasteiger partial charge is 0.456 e. The van der Waals surface area contributed by atoms with Gasteiger partial charge in [-0.15, -0.1) is 0 Å². The van der Waals surface area contributed by atoms with Crippen molar-refractivity contribution in [2.24, 2.45) is 0 Å². The third-order valence-corrected chi connectivity index (χ3v) is 10.6. The van der Waals surface area contributed by atoms with Crippen LogP contribution in [0.3, 0.4) is 0 Å². The van der Waals surface area contributed by atoms with E-state index in [1.54, 1.807) is 0 Å². The van der Waals surface area contributed by atoms with Gasteiger partial charge in [0.05, 0.1) is 5.69 Å². The van der Waals surface area contributed by atoms with E-state index in [2.05, 4.69) is 181 Å². The van der Waals surface area contributed by atoms with Gasteiger partial charge in [0.15, 0.2) is 0 Å². The highest BCUT2D eigenvalue weighted by molar-refractivity contribution is 6.13. The molecule has 0 aliphatic heterocycles. The molecule has 0 saturated carbocycles. The quantitative estimate of drug-likeness (QED) is 0.182. The highest BCUT2D eigenvalue weighted by Crippen LogP contribution is 2.44. The van der Waals surface area contributed by atoms with E-state index >= 15 is 0 Å². The van der Waals surface area contributed by atoms with Crippen molar-refractivity contribution in [3.05, 3.63) is 188 Å². The van der Waals surface area contributed by atoms with Gasteiger partial charge < -0.3 is 13.7 Å². The van der Waals surface area contributed by atoms with Gasteiger partial charge in [-0.1, -0.05) is 127 Å². The predicted octanol–water partition coefficient (Wildman–Crippen LogP) is 14.6. The fraction of sp³-hybridized carbons (Fsp3) is 0. The van der Waals surface area contributed by atoms with Crippen LogP contribution in [0.15, 0.2) is 197 Å². The fourth-order valence-corrected chi connectivity index (χ4v) is 8.13. The summed E-state index contributed by atoms with van der Waals surface area (Å²) in [6, 6.07) is 66.8. The van der Waals surface area contributed by atoms with Crippen molar-refractivity contribution in [1.29, 1.82) is 0 Å². The fourth-order valence-electron chi connectivity index (χ4n) is 8.13. The van der Waals surface area contributed by atoms with E-state index in [-0.39, 0.29) is 0 Å². The minimum atomic E-state index is 0.898. The van der Waals surface area contributed by atoms with Crippen LogP contribution in [0.4, 0.5) is 17.1 Å². The van der Waals surface area contributed by atoms with Gasteiger partial charge in [-0.05, 0) is 93.5 Å². The average Bonchev–Trinajstić information content (AvgIpc) is 3.78. The number of nitrogens with zero attached hydrogens (tertiary/aromatic N) is 1. The van der Waals surface area contributed by atoms with Gasteiger partial charge >= 0.3 is 0 Å². The lowest BCUT2D eigenvalue weighted by Gasteiger charge is -2.27. The van der Waals surface area contributed by atoms with Gasteiger partial charge in [0.25, 0.3) is 0 Å². The molecule has 0 radical (unpaired) electrons. The molecule has 53 heavy (non-hydrogen) atoms. The van der Waals surface area contributed by atoms with Gasteiger partial charge in [-0.3, -0.25) is 0 Å². The molecule has 0 N–H and O–H groups in total. The molecule has 0 aliphatic carbocycles. The molecule has 11 rings (SSSR count). The van der Waals surface area contributed by atoms with Crippen LogP contribution in [0.1, 0.15) is 0 Å². The Morgan fingerprint density at radius 3 is 1.81 bits per heavy atom. The molecule has 9 aromatic carbocycles. The lowest BCUT2D eigenvalue weighted by Crippen LogP contribution is -2.10. The zero-order chi connectivity index (χ0) is 34.9. The lowest BCUT2D eigenvalue weighted by molar-refractivity contribution is 0.669. The third kappa shape index (κ3) is 4.75. The molecule has 2 heterocycles. The molecule has 2 aromatic heterocycles. The Kier molecular flexibility index (Phi) is 6.55. The van der Waals surface area contributed by atoms with Gasteiger partial charge in [-0.2, -0.15) is 0 Å². The molecule has 0 fully saturated rings. The predicted molar refractivity (Wildman–Crippen MR) is 222 cm³/mol. The summed E-state index contributed by atoms with van der Waals surface area (Å²) in [6.07, 6.45) is 0. The van der Waals surface area contributed by atoms with Gasteiger partial charge in [0.1, 0.15) is 22.3 Å². The summed E-state index contributed by atoms with van der Waals surface area (Å²) in [6.45, 7) is 0. The summed E-state index contributed by atoms with van der Waals surface area (Å²) in [5.74, 6) is 0. The summed E-state index contributed by atoms with van der Waals surface area (Å²) in [5.41, 5.74) is 11.5. The monoisotopic (exact) mass is 677 g/mol. The molecular weight excluding hydrogens is 647 g/mol. The van der Waals surface area contributed by atoms with Crippen molar-refractivity contribution in [3.8, 4) is 22.3 Å². The Morgan fingerprint density at radius 2 is 0.962 bits per heavy atom. The van der Waals surface area contributed by atoms with Crippen LogP contribution in [0.2, 0.25) is 0 Å². The molecule has 0 spiro atoms. The Hall–Kier alpha value is -7.10. The van der Waals surface area contributed by atoms with E-state index < -0.39 is 0 Å². The van der Waals surface area contributed by atoms with E-state index in [4.69, 9.17) is 8.83 Å². The number of fused-ring (bicyclic) bond motifs is 8. The van der Waals surface area contributed by atoms with Crippen LogP contribution in [0.25, 0.3) is 87.7 Å². The summed E-state index contributed by atoms with van der Waals surface area (Å²) >= 11 is 0. The minimum Gasteiger partial charge on any atom is -0.456 e. The maximum Gasteiger partial charge on any atom is 0.143 e. The van der Waals surface area contributed by atoms with Crippen molar-refractivity contribution in [3.63, 3.8) is 0 Å². The molecule has 0 bridgehead atoms. The summed E-state index contributed by atoms with van der Waals surface area (Å²) in [7, 11) is 0.